The highest BCUT2D eigenvalue weighted by Crippen LogP contribution is 2.06. The molecule has 0 aliphatic heterocycles. The molecule has 0 atom stereocenters. The molecule has 0 saturated heterocycles. The Morgan fingerprint density at radius 2 is 1.52 bits per heavy atom. The van der Waals surface area contributed by atoms with Gasteiger partial charge < -0.3 is 5.32 Å². The second kappa shape index (κ2) is 8.63. The van der Waals surface area contributed by atoms with Crippen molar-refractivity contribution in [3.8, 4) is 0 Å². The Bertz CT molecular complexity index is 770. The second-order valence-corrected chi connectivity index (χ2v) is 5.69. The maximum Gasteiger partial charge on any atom is 0.269 e. The fourth-order valence-electron chi connectivity index (χ4n) is 2.18. The van der Waals surface area contributed by atoms with E-state index < -0.39 is 5.91 Å². The van der Waals surface area contributed by atoms with E-state index in [4.69, 9.17) is 0 Å². The van der Waals surface area contributed by atoms with E-state index in [0.29, 0.717) is 11.1 Å². The van der Waals surface area contributed by atoms with Gasteiger partial charge in [-0.25, -0.2) is 0 Å². The number of hydrazine groups is 1. The van der Waals surface area contributed by atoms with Crippen LogP contribution in [0.2, 0.25) is 0 Å². The number of nitrogens with one attached hydrogen (secondary N) is 3. The van der Waals surface area contributed by atoms with Crippen LogP contribution in [0.25, 0.3) is 0 Å². The number of amides is 3. The van der Waals surface area contributed by atoms with Crippen molar-refractivity contribution in [2.75, 3.05) is 6.54 Å². The molecule has 0 aliphatic carbocycles. The zero-order chi connectivity index (χ0) is 18.2. The first kappa shape index (κ1) is 18.2. The Kier molecular flexibility index (Phi) is 6.28. The molecule has 0 aliphatic rings. The van der Waals surface area contributed by atoms with E-state index in [1.54, 1.807) is 24.3 Å². The van der Waals surface area contributed by atoms with Crippen LogP contribution in [-0.2, 0) is 4.79 Å². The van der Waals surface area contributed by atoms with Crippen LogP contribution >= 0.6 is 0 Å². The smallest absolute Gasteiger partial charge is 0.269 e. The summed E-state index contributed by atoms with van der Waals surface area (Å²) in [6, 6.07) is 14.2. The van der Waals surface area contributed by atoms with Gasteiger partial charge in [0.05, 0.1) is 0 Å². The Balaban J connectivity index is 1.72. The molecule has 0 unspecified atom stereocenters. The van der Waals surface area contributed by atoms with E-state index in [9.17, 15) is 14.4 Å². The van der Waals surface area contributed by atoms with E-state index in [1.807, 2.05) is 38.1 Å². The summed E-state index contributed by atoms with van der Waals surface area (Å²) in [6.07, 6.45) is 0.0613. The highest BCUT2D eigenvalue weighted by atomic mass is 16.2. The normalized spacial score (nSPS) is 10.0. The first-order valence-electron chi connectivity index (χ1n) is 7.97. The number of benzene rings is 2. The molecule has 0 spiro atoms. The summed E-state index contributed by atoms with van der Waals surface area (Å²) in [5, 5.41) is 2.68. The maximum atomic E-state index is 12.0. The lowest BCUT2D eigenvalue weighted by Crippen LogP contribution is -2.42. The highest BCUT2D eigenvalue weighted by molar-refractivity contribution is 5.96. The molecule has 0 bridgehead atoms. The first-order valence-corrected chi connectivity index (χ1v) is 7.97. The van der Waals surface area contributed by atoms with Crippen LogP contribution in [0.15, 0.2) is 48.5 Å². The number of hydrogen-bond donors (Lipinski definition) is 3. The van der Waals surface area contributed by atoms with Gasteiger partial charge in [-0.3, -0.25) is 25.2 Å². The van der Waals surface area contributed by atoms with Gasteiger partial charge in [0.25, 0.3) is 11.8 Å². The van der Waals surface area contributed by atoms with Crippen LogP contribution in [0.5, 0.6) is 0 Å². The van der Waals surface area contributed by atoms with Crippen LogP contribution in [-0.4, -0.2) is 24.3 Å². The van der Waals surface area contributed by atoms with E-state index in [-0.39, 0.29) is 24.8 Å². The number of carbonyl (C=O) groups is 3. The standard InChI is InChI=1S/C19H21N3O3/c1-13-7-9-15(10-8-13)18(24)22-21-17(23)11-12-20-19(25)16-6-4-3-5-14(16)2/h3-10H,11-12H2,1-2H3,(H,20,25)(H,21,23)(H,22,24). The SMILES string of the molecule is Cc1ccc(C(=O)NNC(=O)CCNC(=O)c2ccccc2C)cc1. The monoisotopic (exact) mass is 339 g/mol. The molecule has 2 rings (SSSR count). The van der Waals surface area contributed by atoms with Crippen LogP contribution in [0.3, 0.4) is 0 Å². The molecular formula is C19H21N3O3. The average Bonchev–Trinajstić information content (AvgIpc) is 2.60. The Morgan fingerprint density at radius 1 is 0.840 bits per heavy atom. The molecule has 0 radical (unpaired) electrons. The highest BCUT2D eigenvalue weighted by Gasteiger charge is 2.10. The molecule has 6 nitrogen and oxygen atoms in total. The van der Waals surface area contributed by atoms with Gasteiger partial charge in [0.15, 0.2) is 0 Å². The summed E-state index contributed by atoms with van der Waals surface area (Å²) in [7, 11) is 0. The molecule has 2 aromatic carbocycles. The summed E-state index contributed by atoms with van der Waals surface area (Å²) in [4.78, 5) is 35.6. The molecule has 3 N–H and O–H groups in total. The van der Waals surface area contributed by atoms with Crippen molar-refractivity contribution in [2.45, 2.75) is 20.3 Å². The summed E-state index contributed by atoms with van der Waals surface area (Å²) < 4.78 is 0. The minimum absolute atomic E-state index is 0.0613. The number of hydrogen-bond acceptors (Lipinski definition) is 3. The zero-order valence-electron chi connectivity index (χ0n) is 14.3. The van der Waals surface area contributed by atoms with Crippen LogP contribution in [0.1, 0.15) is 38.3 Å². The largest absolute Gasteiger partial charge is 0.352 e. The second-order valence-electron chi connectivity index (χ2n) is 5.69. The van der Waals surface area contributed by atoms with Gasteiger partial charge in [-0.05, 0) is 37.6 Å². The van der Waals surface area contributed by atoms with Gasteiger partial charge in [0, 0.05) is 24.1 Å². The quantitative estimate of drug-likeness (QED) is 0.727. The molecule has 0 saturated carbocycles. The van der Waals surface area contributed by atoms with Gasteiger partial charge in [0.2, 0.25) is 5.91 Å². The van der Waals surface area contributed by atoms with E-state index in [1.165, 1.54) is 0 Å². The van der Waals surface area contributed by atoms with E-state index in [2.05, 4.69) is 16.2 Å². The molecule has 0 fully saturated rings. The first-order chi connectivity index (χ1) is 12.0. The van der Waals surface area contributed by atoms with Crippen molar-refractivity contribution >= 4 is 17.7 Å². The molecular weight excluding hydrogens is 318 g/mol. The topological polar surface area (TPSA) is 87.3 Å². The van der Waals surface area contributed by atoms with Crippen LogP contribution in [0, 0.1) is 13.8 Å². The van der Waals surface area contributed by atoms with Crippen molar-refractivity contribution in [1.29, 1.82) is 0 Å². The molecule has 130 valence electrons. The zero-order valence-corrected chi connectivity index (χ0v) is 14.3. The van der Waals surface area contributed by atoms with Gasteiger partial charge in [0.1, 0.15) is 0 Å². The summed E-state index contributed by atoms with van der Waals surface area (Å²) in [5.74, 6) is -1.00. The van der Waals surface area contributed by atoms with Crippen molar-refractivity contribution < 1.29 is 14.4 Å². The summed E-state index contributed by atoms with van der Waals surface area (Å²) >= 11 is 0. The van der Waals surface area contributed by atoms with Gasteiger partial charge in [-0.2, -0.15) is 0 Å². The number of rotatable bonds is 5. The molecule has 25 heavy (non-hydrogen) atoms. The lowest BCUT2D eigenvalue weighted by atomic mass is 10.1. The maximum absolute atomic E-state index is 12.0. The van der Waals surface area contributed by atoms with Crippen molar-refractivity contribution in [3.05, 3.63) is 70.8 Å². The predicted octanol–water partition coefficient (Wildman–Crippen LogP) is 1.88. The fraction of sp³-hybridized carbons (Fsp3) is 0.211. The molecule has 2 aromatic rings. The third-order valence-corrected chi connectivity index (χ3v) is 3.66. The molecule has 0 heterocycles. The average molecular weight is 339 g/mol. The molecule has 3 amide bonds. The van der Waals surface area contributed by atoms with E-state index in [0.717, 1.165) is 11.1 Å². The third kappa shape index (κ3) is 5.46. The Morgan fingerprint density at radius 3 is 2.20 bits per heavy atom. The summed E-state index contributed by atoms with van der Waals surface area (Å²) in [5.41, 5.74) is 7.63. The minimum atomic E-state index is -0.391. The van der Waals surface area contributed by atoms with Gasteiger partial charge in [-0.1, -0.05) is 35.9 Å². The van der Waals surface area contributed by atoms with Crippen molar-refractivity contribution in [2.24, 2.45) is 0 Å². The molecule has 0 aromatic heterocycles. The molecule has 6 heteroatoms. The lowest BCUT2D eigenvalue weighted by molar-refractivity contribution is -0.121. The number of carbonyl (C=O) groups excluding carboxylic acids is 3. The minimum Gasteiger partial charge on any atom is -0.352 e. The number of aryl methyl sites for hydroxylation is 2. The summed E-state index contributed by atoms with van der Waals surface area (Å²) in [6.45, 7) is 3.95. The van der Waals surface area contributed by atoms with E-state index >= 15 is 0 Å². The van der Waals surface area contributed by atoms with Crippen molar-refractivity contribution in [3.63, 3.8) is 0 Å². The predicted molar refractivity (Wildman–Crippen MR) is 94.9 cm³/mol. The Hall–Kier alpha value is -3.15. The third-order valence-electron chi connectivity index (χ3n) is 3.66. The van der Waals surface area contributed by atoms with Gasteiger partial charge in [-0.15, -0.1) is 0 Å². The van der Waals surface area contributed by atoms with Crippen molar-refractivity contribution in [1.82, 2.24) is 16.2 Å². The lowest BCUT2D eigenvalue weighted by Gasteiger charge is -2.09. The van der Waals surface area contributed by atoms with Gasteiger partial charge >= 0.3 is 0 Å². The van der Waals surface area contributed by atoms with Crippen LogP contribution < -0.4 is 16.2 Å². The van der Waals surface area contributed by atoms with Crippen LogP contribution in [0.4, 0.5) is 0 Å². The Labute approximate surface area is 146 Å². The fourth-order valence-corrected chi connectivity index (χ4v) is 2.18.